The van der Waals surface area contributed by atoms with E-state index in [0.29, 0.717) is 31.4 Å². The van der Waals surface area contributed by atoms with Crippen LogP contribution in [0.5, 0.6) is 5.75 Å². The molecule has 4 atom stereocenters. The lowest BCUT2D eigenvalue weighted by Gasteiger charge is -2.55. The van der Waals surface area contributed by atoms with E-state index >= 15 is 0 Å². The highest BCUT2D eigenvalue weighted by molar-refractivity contribution is 5.99. The lowest BCUT2D eigenvalue weighted by atomic mass is 9.72. The average Bonchev–Trinajstić information content (AvgIpc) is 2.84. The van der Waals surface area contributed by atoms with E-state index in [-0.39, 0.29) is 48.5 Å². The van der Waals surface area contributed by atoms with Crippen molar-refractivity contribution >= 4 is 11.8 Å². The van der Waals surface area contributed by atoms with Gasteiger partial charge in [-0.05, 0) is 25.7 Å². The van der Waals surface area contributed by atoms with Crippen molar-refractivity contribution in [3.05, 3.63) is 62.8 Å². The minimum atomic E-state index is -1.18. The maximum atomic E-state index is 14.7. The molecule has 3 aliphatic heterocycles. The quantitative estimate of drug-likeness (QED) is 0.445. The molecule has 37 heavy (non-hydrogen) atoms. The van der Waals surface area contributed by atoms with E-state index < -0.39 is 59.0 Å². The van der Waals surface area contributed by atoms with Crippen LogP contribution in [-0.2, 0) is 13.1 Å². The third-order valence-corrected chi connectivity index (χ3v) is 7.62. The Hall–Kier alpha value is -3.37. The molecule has 1 aliphatic carbocycles. The maximum Gasteiger partial charge on any atom is 0.275 e. The molecule has 1 aromatic carbocycles. The highest BCUT2D eigenvalue weighted by atomic mass is 19.1. The van der Waals surface area contributed by atoms with Crippen LogP contribution in [0.1, 0.15) is 65.4 Å². The van der Waals surface area contributed by atoms with E-state index in [0.717, 1.165) is 6.42 Å². The van der Waals surface area contributed by atoms with Gasteiger partial charge in [-0.3, -0.25) is 14.4 Å². The Balaban J connectivity index is 1.50. The molecule has 7 nitrogen and oxygen atoms in total. The number of carbonyl (C=O) groups is 2. The summed E-state index contributed by atoms with van der Waals surface area (Å²) in [7, 11) is 0. The first-order valence-electron chi connectivity index (χ1n) is 12.5. The third kappa shape index (κ3) is 4.38. The molecule has 2 aromatic rings. The number of rotatable bonds is 7. The summed E-state index contributed by atoms with van der Waals surface area (Å²) in [6.07, 6.45) is 3.17. The Morgan fingerprint density at radius 3 is 2.57 bits per heavy atom. The van der Waals surface area contributed by atoms with E-state index in [9.17, 15) is 31.9 Å². The first-order valence-corrected chi connectivity index (χ1v) is 12.5. The fourth-order valence-corrected chi connectivity index (χ4v) is 5.77. The summed E-state index contributed by atoms with van der Waals surface area (Å²) >= 11 is 0. The summed E-state index contributed by atoms with van der Waals surface area (Å²) in [5, 5.41) is 2.29. The molecule has 2 amide bonds. The number of nitrogens with zero attached hydrogens (tertiary/aromatic N) is 2. The van der Waals surface area contributed by atoms with Crippen molar-refractivity contribution in [3.8, 4) is 5.75 Å². The van der Waals surface area contributed by atoms with Crippen molar-refractivity contribution in [2.75, 3.05) is 6.61 Å². The van der Waals surface area contributed by atoms with Crippen LogP contribution in [0.2, 0.25) is 0 Å². The van der Waals surface area contributed by atoms with E-state index in [4.69, 9.17) is 4.74 Å². The summed E-state index contributed by atoms with van der Waals surface area (Å²) in [5.74, 6) is -5.42. The predicted molar refractivity (Wildman–Crippen MR) is 125 cm³/mol. The van der Waals surface area contributed by atoms with Gasteiger partial charge in [0.05, 0.1) is 12.6 Å². The van der Waals surface area contributed by atoms with Crippen LogP contribution in [0.25, 0.3) is 0 Å². The second-order valence-electron chi connectivity index (χ2n) is 9.86. The number of pyridine rings is 1. The summed E-state index contributed by atoms with van der Waals surface area (Å²) < 4.78 is 63.1. The van der Waals surface area contributed by atoms with Crippen molar-refractivity contribution in [1.82, 2.24) is 14.8 Å². The molecule has 2 bridgehead atoms. The number of carbonyl (C=O) groups excluding carboxylic acids is 2. The standard InChI is InChI=1S/C26H27F4N3O4/c1-2-3-6-37-24-22-26(36)33-14-4-5-15(20(30)9-14)21(33)12-32(22)11-17(23(24)34)25(35)31-10-16-18(28)7-13(27)8-19(16)29/h7-8,11,14-15,20-21H,2-6,9-10,12H2,1H3,(H,31,35)/t14-,15?,20?,21+/m1/s1. The topological polar surface area (TPSA) is 80.6 Å². The van der Waals surface area contributed by atoms with Gasteiger partial charge in [0.15, 0.2) is 11.4 Å². The minimum Gasteiger partial charge on any atom is -0.487 e. The molecule has 2 saturated heterocycles. The van der Waals surface area contributed by atoms with Crippen molar-refractivity contribution in [2.24, 2.45) is 5.92 Å². The van der Waals surface area contributed by atoms with Gasteiger partial charge in [-0.2, -0.15) is 0 Å². The van der Waals surface area contributed by atoms with Gasteiger partial charge >= 0.3 is 0 Å². The molecule has 0 radical (unpaired) electrons. The highest BCUT2D eigenvalue weighted by Crippen LogP contribution is 2.45. The number of halogens is 4. The Labute approximate surface area is 210 Å². The Morgan fingerprint density at radius 2 is 1.89 bits per heavy atom. The molecular weight excluding hydrogens is 494 g/mol. The number of hydrogen-bond acceptors (Lipinski definition) is 4. The molecule has 6 rings (SSSR count). The number of fused-ring (bicyclic) bond motifs is 3. The van der Waals surface area contributed by atoms with Crippen LogP contribution in [0, 0.1) is 23.4 Å². The Bertz CT molecular complexity index is 1290. The van der Waals surface area contributed by atoms with Gasteiger partial charge in [0.1, 0.15) is 29.2 Å². The fraction of sp³-hybridized carbons (Fsp3) is 0.500. The monoisotopic (exact) mass is 521 g/mol. The summed E-state index contributed by atoms with van der Waals surface area (Å²) in [6.45, 7) is 1.63. The molecule has 1 N–H and O–H groups in total. The van der Waals surface area contributed by atoms with E-state index in [2.05, 4.69) is 5.32 Å². The van der Waals surface area contributed by atoms with Gasteiger partial charge in [-0.1, -0.05) is 13.3 Å². The molecule has 1 saturated carbocycles. The second kappa shape index (κ2) is 9.83. The van der Waals surface area contributed by atoms with Gasteiger partial charge in [-0.25, -0.2) is 17.6 Å². The molecule has 2 unspecified atom stereocenters. The van der Waals surface area contributed by atoms with Gasteiger partial charge in [0.2, 0.25) is 5.43 Å². The van der Waals surface area contributed by atoms with Crippen molar-refractivity contribution in [2.45, 2.75) is 70.4 Å². The summed E-state index contributed by atoms with van der Waals surface area (Å²) in [6, 6.07) is 0.316. The molecule has 4 aliphatic rings. The van der Waals surface area contributed by atoms with E-state index in [1.54, 1.807) is 4.90 Å². The van der Waals surface area contributed by atoms with Gasteiger partial charge in [-0.15, -0.1) is 0 Å². The molecule has 198 valence electrons. The normalized spacial score (nSPS) is 24.0. The van der Waals surface area contributed by atoms with Crippen LogP contribution in [0.3, 0.4) is 0 Å². The maximum absolute atomic E-state index is 14.7. The second-order valence-corrected chi connectivity index (χ2v) is 9.86. The van der Waals surface area contributed by atoms with E-state index in [1.165, 1.54) is 10.8 Å². The predicted octanol–water partition coefficient (Wildman–Crippen LogP) is 3.72. The lowest BCUT2D eigenvalue weighted by Crippen LogP contribution is -2.65. The summed E-state index contributed by atoms with van der Waals surface area (Å²) in [4.78, 5) is 41.6. The van der Waals surface area contributed by atoms with Crippen LogP contribution in [0.4, 0.5) is 17.6 Å². The number of aromatic nitrogens is 1. The van der Waals surface area contributed by atoms with Crippen LogP contribution in [-0.4, -0.2) is 46.1 Å². The number of benzene rings is 1. The first-order chi connectivity index (χ1) is 17.7. The zero-order valence-electron chi connectivity index (χ0n) is 20.2. The Morgan fingerprint density at radius 1 is 1.16 bits per heavy atom. The van der Waals surface area contributed by atoms with E-state index in [1.807, 2.05) is 6.92 Å². The highest BCUT2D eigenvalue weighted by Gasteiger charge is 2.52. The van der Waals surface area contributed by atoms with Crippen LogP contribution >= 0.6 is 0 Å². The average molecular weight is 522 g/mol. The number of alkyl halides is 1. The third-order valence-electron chi connectivity index (χ3n) is 7.62. The van der Waals surface area contributed by atoms with Gasteiger partial charge in [0, 0.05) is 48.9 Å². The number of ether oxygens (including phenoxy) is 1. The minimum absolute atomic E-state index is 0.0208. The molecule has 3 fully saturated rings. The number of unbranched alkanes of at least 4 members (excludes halogenated alkanes) is 1. The smallest absolute Gasteiger partial charge is 0.275 e. The molecule has 11 heteroatoms. The number of piperidine rings is 2. The molecular formula is C26H27F4N3O4. The van der Waals surface area contributed by atoms with Crippen molar-refractivity contribution in [1.29, 1.82) is 0 Å². The first kappa shape index (κ1) is 25.3. The summed E-state index contributed by atoms with van der Waals surface area (Å²) in [5.41, 5.74) is -1.74. The number of nitrogens with one attached hydrogen (secondary N) is 1. The number of hydrogen-bond donors (Lipinski definition) is 1. The van der Waals surface area contributed by atoms with Crippen molar-refractivity contribution in [3.63, 3.8) is 0 Å². The Kier molecular flexibility index (Phi) is 6.72. The SMILES string of the molecule is CCCCOc1c2n(cc(C(=O)NCc3c(F)cc(F)cc3F)c1=O)C[C@H]1C3CC[C@H](CC3F)N1C2=O. The van der Waals surface area contributed by atoms with Gasteiger partial charge in [0.25, 0.3) is 11.8 Å². The molecule has 4 heterocycles. The zero-order valence-corrected chi connectivity index (χ0v) is 20.2. The lowest BCUT2D eigenvalue weighted by molar-refractivity contribution is -0.0562. The molecule has 1 aromatic heterocycles. The zero-order chi connectivity index (χ0) is 26.4. The molecule has 0 spiro atoms. The number of amides is 2. The van der Waals surface area contributed by atoms with Crippen molar-refractivity contribution < 1.29 is 31.9 Å². The van der Waals surface area contributed by atoms with Crippen LogP contribution in [0.15, 0.2) is 23.1 Å². The largest absolute Gasteiger partial charge is 0.487 e. The van der Waals surface area contributed by atoms with Gasteiger partial charge < -0.3 is 19.5 Å². The van der Waals surface area contributed by atoms with Crippen LogP contribution < -0.4 is 15.5 Å². The fourth-order valence-electron chi connectivity index (χ4n) is 5.77.